The van der Waals surface area contributed by atoms with Gasteiger partial charge in [0.2, 0.25) is 10.0 Å². The molecule has 0 aliphatic carbocycles. The number of sulfonamides is 1. The lowest BCUT2D eigenvalue weighted by molar-refractivity contribution is -0.139. The number of aromatic hydroxyl groups is 1. The summed E-state index contributed by atoms with van der Waals surface area (Å²) < 4.78 is 62.8. The molecule has 1 heterocycles. The summed E-state index contributed by atoms with van der Waals surface area (Å²) in [5, 5.41) is 14.5. The first-order valence-electron chi connectivity index (χ1n) is 8.53. The predicted molar refractivity (Wildman–Crippen MR) is 98.4 cm³/mol. The average Bonchev–Trinajstić information content (AvgIpc) is 2.60. The van der Waals surface area contributed by atoms with Crippen LogP contribution in [0.25, 0.3) is 0 Å². The number of phenolic OH excluding ortho intramolecular Hbond substituents is 1. The Balaban J connectivity index is 1.73. The van der Waals surface area contributed by atoms with Crippen LogP contribution in [-0.4, -0.2) is 44.6 Å². The number of piperazine rings is 1. The van der Waals surface area contributed by atoms with Crippen LogP contribution >= 0.6 is 0 Å². The van der Waals surface area contributed by atoms with Crippen molar-refractivity contribution in [2.75, 3.05) is 31.1 Å². The molecule has 152 valence electrons. The first-order chi connectivity index (χ1) is 13.0. The van der Waals surface area contributed by atoms with E-state index in [-0.39, 0.29) is 5.75 Å². The molecule has 0 radical (unpaired) electrons. The highest BCUT2D eigenvalue weighted by Crippen LogP contribution is 2.36. The van der Waals surface area contributed by atoms with Gasteiger partial charge in [0.05, 0.1) is 10.5 Å². The Kier molecular flexibility index (Phi) is 5.55. The van der Waals surface area contributed by atoms with Gasteiger partial charge in [0, 0.05) is 38.4 Å². The van der Waals surface area contributed by atoms with Gasteiger partial charge in [-0.1, -0.05) is 12.1 Å². The number of phenols is 1. The smallest absolute Gasteiger partial charge is 0.417 e. The van der Waals surface area contributed by atoms with Crippen molar-refractivity contribution in [2.24, 2.45) is 5.14 Å². The van der Waals surface area contributed by atoms with Crippen molar-refractivity contribution in [2.45, 2.75) is 17.6 Å². The number of alkyl halides is 3. The summed E-state index contributed by atoms with van der Waals surface area (Å²) in [6, 6.07) is 10.0. The molecule has 3 rings (SSSR count). The third kappa shape index (κ3) is 4.75. The second-order valence-electron chi connectivity index (χ2n) is 6.66. The summed E-state index contributed by atoms with van der Waals surface area (Å²) in [5.41, 5.74) is -0.00302. The number of nitrogens with zero attached hydrogens (tertiary/aromatic N) is 2. The SMILES string of the molecule is NS(=O)(=O)c1ccc(N2CCN(Cc3cccc(O)c3)CC2)cc1C(F)(F)F. The highest BCUT2D eigenvalue weighted by molar-refractivity contribution is 7.89. The molecule has 1 fully saturated rings. The molecule has 2 aromatic carbocycles. The third-order valence-corrected chi connectivity index (χ3v) is 5.60. The zero-order chi connectivity index (χ0) is 20.5. The van der Waals surface area contributed by atoms with Crippen LogP contribution in [0.3, 0.4) is 0 Å². The van der Waals surface area contributed by atoms with Crippen LogP contribution in [0, 0.1) is 0 Å². The van der Waals surface area contributed by atoms with Crippen molar-refractivity contribution in [3.05, 3.63) is 53.6 Å². The average molecular weight is 415 g/mol. The standard InChI is InChI=1S/C18H20F3N3O3S/c19-18(20,21)16-11-14(4-5-17(16)28(22,26)27)24-8-6-23(7-9-24)12-13-2-1-3-15(25)10-13/h1-5,10-11,25H,6-9,12H2,(H2,22,26,27). The Morgan fingerprint density at radius 3 is 2.29 bits per heavy atom. The maximum atomic E-state index is 13.3. The van der Waals surface area contributed by atoms with E-state index in [0.717, 1.165) is 17.7 Å². The molecule has 28 heavy (non-hydrogen) atoms. The second kappa shape index (κ2) is 7.61. The van der Waals surface area contributed by atoms with Gasteiger partial charge in [-0.2, -0.15) is 13.2 Å². The number of nitrogens with two attached hydrogens (primary N) is 1. The van der Waals surface area contributed by atoms with Crippen molar-refractivity contribution >= 4 is 15.7 Å². The highest BCUT2D eigenvalue weighted by Gasteiger charge is 2.37. The number of primary sulfonamides is 1. The van der Waals surface area contributed by atoms with Crippen LogP contribution in [0.2, 0.25) is 0 Å². The number of halogens is 3. The van der Waals surface area contributed by atoms with E-state index in [4.69, 9.17) is 5.14 Å². The quantitative estimate of drug-likeness (QED) is 0.801. The minimum atomic E-state index is -4.82. The maximum absolute atomic E-state index is 13.3. The molecule has 1 saturated heterocycles. The third-order valence-electron chi connectivity index (χ3n) is 4.63. The summed E-state index contributed by atoms with van der Waals surface area (Å²) in [7, 11) is -4.48. The zero-order valence-corrected chi connectivity index (χ0v) is 15.7. The molecule has 0 saturated carbocycles. The zero-order valence-electron chi connectivity index (χ0n) is 14.9. The van der Waals surface area contributed by atoms with Crippen LogP contribution in [-0.2, 0) is 22.7 Å². The summed E-state index contributed by atoms with van der Waals surface area (Å²) in [4.78, 5) is 2.99. The number of hydrogen-bond acceptors (Lipinski definition) is 5. The van der Waals surface area contributed by atoms with E-state index in [1.807, 2.05) is 6.07 Å². The Hall–Kier alpha value is -2.30. The lowest BCUT2D eigenvalue weighted by atomic mass is 10.1. The largest absolute Gasteiger partial charge is 0.508 e. The Bertz CT molecular complexity index is 956. The number of rotatable bonds is 4. The van der Waals surface area contributed by atoms with Crippen molar-refractivity contribution in [3.63, 3.8) is 0 Å². The molecule has 10 heteroatoms. The van der Waals surface area contributed by atoms with Gasteiger partial charge in [0.25, 0.3) is 0 Å². The van der Waals surface area contributed by atoms with Crippen molar-refractivity contribution in [1.29, 1.82) is 0 Å². The van der Waals surface area contributed by atoms with E-state index in [9.17, 15) is 26.7 Å². The van der Waals surface area contributed by atoms with Crippen LogP contribution in [0.5, 0.6) is 5.75 Å². The first-order valence-corrected chi connectivity index (χ1v) is 10.1. The molecule has 1 aliphatic rings. The van der Waals surface area contributed by atoms with Crippen molar-refractivity contribution in [3.8, 4) is 5.75 Å². The molecular formula is C18H20F3N3O3S. The van der Waals surface area contributed by atoms with Gasteiger partial charge in [0.1, 0.15) is 5.75 Å². The van der Waals surface area contributed by atoms with Crippen molar-refractivity contribution in [1.82, 2.24) is 4.90 Å². The fourth-order valence-electron chi connectivity index (χ4n) is 3.26. The predicted octanol–water partition coefficient (Wildman–Crippen LogP) is 2.38. The molecule has 0 bridgehead atoms. The molecule has 1 aliphatic heterocycles. The topological polar surface area (TPSA) is 86.9 Å². The molecule has 0 spiro atoms. The normalized spacial score (nSPS) is 16.4. The first kappa shape index (κ1) is 20.4. The Morgan fingerprint density at radius 2 is 1.71 bits per heavy atom. The van der Waals surface area contributed by atoms with E-state index in [1.54, 1.807) is 23.1 Å². The lowest BCUT2D eigenvalue weighted by Crippen LogP contribution is -2.46. The van der Waals surface area contributed by atoms with E-state index in [0.29, 0.717) is 38.4 Å². The summed E-state index contributed by atoms with van der Waals surface area (Å²) in [6.07, 6.45) is -4.82. The molecule has 0 aromatic heterocycles. The molecule has 0 unspecified atom stereocenters. The summed E-state index contributed by atoms with van der Waals surface area (Å²) >= 11 is 0. The number of anilines is 1. The van der Waals surface area contributed by atoms with Gasteiger partial charge in [0.15, 0.2) is 0 Å². The van der Waals surface area contributed by atoms with Crippen LogP contribution in [0.15, 0.2) is 47.4 Å². The van der Waals surface area contributed by atoms with Crippen LogP contribution < -0.4 is 10.0 Å². The van der Waals surface area contributed by atoms with E-state index >= 15 is 0 Å². The van der Waals surface area contributed by atoms with Gasteiger partial charge in [-0.05, 0) is 35.9 Å². The van der Waals surface area contributed by atoms with E-state index in [2.05, 4.69) is 4.90 Å². The Labute approximate surface area is 161 Å². The fourth-order valence-corrected chi connectivity index (χ4v) is 4.00. The molecule has 0 amide bonds. The molecule has 0 atom stereocenters. The second-order valence-corrected chi connectivity index (χ2v) is 8.19. The van der Waals surface area contributed by atoms with Crippen LogP contribution in [0.4, 0.5) is 18.9 Å². The van der Waals surface area contributed by atoms with Crippen molar-refractivity contribution < 1.29 is 26.7 Å². The van der Waals surface area contributed by atoms with Crippen LogP contribution in [0.1, 0.15) is 11.1 Å². The highest BCUT2D eigenvalue weighted by atomic mass is 32.2. The van der Waals surface area contributed by atoms with Gasteiger partial charge in [-0.25, -0.2) is 13.6 Å². The minimum absolute atomic E-state index is 0.186. The maximum Gasteiger partial charge on any atom is 0.417 e. The van der Waals surface area contributed by atoms with Gasteiger partial charge in [-0.15, -0.1) is 0 Å². The summed E-state index contributed by atoms with van der Waals surface area (Å²) in [5.74, 6) is 0.186. The minimum Gasteiger partial charge on any atom is -0.508 e. The van der Waals surface area contributed by atoms with E-state index < -0.39 is 26.7 Å². The fraction of sp³-hybridized carbons (Fsp3) is 0.333. The Morgan fingerprint density at radius 1 is 1.04 bits per heavy atom. The van der Waals surface area contributed by atoms with Gasteiger partial charge >= 0.3 is 6.18 Å². The number of hydrogen-bond donors (Lipinski definition) is 2. The van der Waals surface area contributed by atoms with Gasteiger partial charge < -0.3 is 10.0 Å². The molecule has 6 nitrogen and oxygen atoms in total. The lowest BCUT2D eigenvalue weighted by Gasteiger charge is -2.36. The monoisotopic (exact) mass is 415 g/mol. The van der Waals surface area contributed by atoms with E-state index in [1.165, 1.54) is 6.07 Å². The molecule has 2 aromatic rings. The summed E-state index contributed by atoms with van der Waals surface area (Å²) in [6.45, 7) is 2.85. The molecular weight excluding hydrogens is 395 g/mol. The van der Waals surface area contributed by atoms with Gasteiger partial charge in [-0.3, -0.25) is 4.90 Å². The number of benzene rings is 2. The molecule has 3 N–H and O–H groups in total.